The first-order chi connectivity index (χ1) is 14.5. The zero-order valence-corrected chi connectivity index (χ0v) is 18.7. The predicted molar refractivity (Wildman–Crippen MR) is 117 cm³/mol. The van der Waals surface area contributed by atoms with Crippen LogP contribution in [0.25, 0.3) is 0 Å². The zero-order valence-electron chi connectivity index (χ0n) is 17.9. The lowest BCUT2D eigenvalue weighted by atomic mass is 10.1. The number of carboxylic acid groups (broad SMARTS) is 1. The molecule has 0 rings (SSSR count). The summed E-state index contributed by atoms with van der Waals surface area (Å²) in [6.07, 6.45) is 3.40. The molecule has 0 aromatic rings. The summed E-state index contributed by atoms with van der Waals surface area (Å²) in [4.78, 5) is 59.3. The van der Waals surface area contributed by atoms with Crippen molar-refractivity contribution >= 4 is 41.4 Å². The summed E-state index contributed by atoms with van der Waals surface area (Å²) < 4.78 is 0. The number of primary amides is 1. The largest absolute Gasteiger partial charge is 0.480 e. The Labute approximate surface area is 185 Å². The van der Waals surface area contributed by atoms with Crippen molar-refractivity contribution in [3.8, 4) is 0 Å². The van der Waals surface area contributed by atoms with E-state index in [0.29, 0.717) is 31.6 Å². The number of amides is 4. The van der Waals surface area contributed by atoms with Crippen LogP contribution in [0.1, 0.15) is 39.0 Å². The molecule has 0 aromatic heterocycles. The Morgan fingerprint density at radius 1 is 0.935 bits per heavy atom. The van der Waals surface area contributed by atoms with E-state index in [2.05, 4.69) is 16.0 Å². The van der Waals surface area contributed by atoms with Crippen LogP contribution in [-0.4, -0.2) is 77.4 Å². The van der Waals surface area contributed by atoms with E-state index in [-0.39, 0.29) is 0 Å². The Morgan fingerprint density at radius 3 is 2.06 bits per heavy atom. The summed E-state index contributed by atoms with van der Waals surface area (Å²) in [6, 6.07) is -4.34. The van der Waals surface area contributed by atoms with Gasteiger partial charge in [0.05, 0.1) is 12.5 Å². The maximum absolute atomic E-state index is 12.6. The van der Waals surface area contributed by atoms with E-state index in [9.17, 15) is 24.0 Å². The number of carbonyl (C=O) groups is 5. The Bertz CT molecular complexity index is 635. The molecule has 4 atom stereocenters. The molecule has 4 unspecified atom stereocenters. The highest BCUT2D eigenvalue weighted by Crippen LogP contribution is 2.04. The molecule has 178 valence electrons. The van der Waals surface area contributed by atoms with E-state index < -0.39 is 60.2 Å². The third-order valence-corrected chi connectivity index (χ3v) is 4.97. The standard InChI is InChI=1S/C18H34N6O6S/c1-10(15(26)24-13(18(29)30)9-14(21)25)22-17(28)12(6-8-31-2)23-16(27)11(20)5-3-4-7-19/h10-13H,3-9,19-20H2,1-2H3,(H2,21,25)(H,22,28)(H,23,27)(H,24,26)(H,29,30). The fraction of sp³-hybridized carbons (Fsp3) is 0.722. The molecule has 12 nitrogen and oxygen atoms in total. The van der Waals surface area contributed by atoms with Crippen molar-refractivity contribution in [1.29, 1.82) is 0 Å². The van der Waals surface area contributed by atoms with E-state index in [1.807, 2.05) is 6.26 Å². The number of unbranched alkanes of at least 4 members (excludes halogenated alkanes) is 1. The molecular formula is C18H34N6O6S. The molecule has 31 heavy (non-hydrogen) atoms. The topological polar surface area (TPSA) is 220 Å². The number of hydrogen-bond donors (Lipinski definition) is 7. The molecule has 0 saturated carbocycles. The van der Waals surface area contributed by atoms with Gasteiger partial charge < -0.3 is 38.3 Å². The second-order valence-corrected chi connectivity index (χ2v) is 8.02. The Hall–Kier alpha value is -2.38. The van der Waals surface area contributed by atoms with Crippen LogP contribution in [-0.2, 0) is 24.0 Å². The lowest BCUT2D eigenvalue weighted by molar-refractivity contribution is -0.143. The molecule has 0 fully saturated rings. The van der Waals surface area contributed by atoms with Gasteiger partial charge in [0.25, 0.3) is 0 Å². The highest BCUT2D eigenvalue weighted by molar-refractivity contribution is 7.98. The molecular weight excluding hydrogens is 428 g/mol. The second-order valence-electron chi connectivity index (χ2n) is 7.03. The van der Waals surface area contributed by atoms with Gasteiger partial charge in [0.15, 0.2) is 0 Å². The van der Waals surface area contributed by atoms with Crippen molar-refractivity contribution in [2.24, 2.45) is 17.2 Å². The van der Waals surface area contributed by atoms with Gasteiger partial charge in [-0.05, 0) is 44.7 Å². The second kappa shape index (κ2) is 15.4. The lowest BCUT2D eigenvalue weighted by Crippen LogP contribution is -2.56. The SMILES string of the molecule is CSCCC(NC(=O)C(N)CCCCN)C(=O)NC(C)C(=O)NC(CC(N)=O)C(=O)O. The number of carbonyl (C=O) groups excluding carboxylic acids is 4. The minimum absolute atomic E-state index is 0.308. The average molecular weight is 463 g/mol. The molecule has 0 aliphatic rings. The van der Waals surface area contributed by atoms with Crippen LogP contribution >= 0.6 is 11.8 Å². The van der Waals surface area contributed by atoms with Crippen molar-refractivity contribution in [1.82, 2.24) is 16.0 Å². The average Bonchev–Trinajstić information content (AvgIpc) is 2.69. The Kier molecular flexibility index (Phi) is 14.2. The first-order valence-electron chi connectivity index (χ1n) is 9.90. The third kappa shape index (κ3) is 12.2. The first-order valence-corrected chi connectivity index (χ1v) is 11.3. The molecule has 13 heteroatoms. The molecule has 0 aromatic carbocycles. The van der Waals surface area contributed by atoms with Gasteiger partial charge >= 0.3 is 5.97 Å². The van der Waals surface area contributed by atoms with Crippen molar-refractivity contribution < 1.29 is 29.1 Å². The lowest BCUT2D eigenvalue weighted by Gasteiger charge is -2.23. The summed E-state index contributed by atoms with van der Waals surface area (Å²) in [6.45, 7) is 1.84. The number of hydrogen-bond acceptors (Lipinski definition) is 8. The maximum Gasteiger partial charge on any atom is 0.326 e. The van der Waals surface area contributed by atoms with Crippen molar-refractivity contribution in [3.05, 3.63) is 0 Å². The van der Waals surface area contributed by atoms with Crippen LogP contribution in [0.15, 0.2) is 0 Å². The minimum atomic E-state index is -1.51. The van der Waals surface area contributed by atoms with Crippen molar-refractivity contribution in [2.45, 2.75) is 63.2 Å². The van der Waals surface area contributed by atoms with Crippen LogP contribution < -0.4 is 33.2 Å². The predicted octanol–water partition coefficient (Wildman–Crippen LogP) is -2.37. The van der Waals surface area contributed by atoms with E-state index in [0.717, 1.165) is 6.42 Å². The summed E-state index contributed by atoms with van der Waals surface area (Å²) >= 11 is 1.48. The number of rotatable bonds is 16. The molecule has 0 saturated heterocycles. The molecule has 0 aliphatic heterocycles. The number of aliphatic carboxylic acids is 1. The van der Waals surface area contributed by atoms with Crippen molar-refractivity contribution in [3.63, 3.8) is 0 Å². The Morgan fingerprint density at radius 2 is 1.55 bits per heavy atom. The Balaban J connectivity index is 4.96. The number of thioether (sulfide) groups is 1. The minimum Gasteiger partial charge on any atom is -0.480 e. The molecule has 0 spiro atoms. The monoisotopic (exact) mass is 462 g/mol. The molecule has 4 amide bonds. The van der Waals surface area contributed by atoms with E-state index >= 15 is 0 Å². The third-order valence-electron chi connectivity index (χ3n) is 4.32. The van der Waals surface area contributed by atoms with Gasteiger partial charge in [0.2, 0.25) is 23.6 Å². The van der Waals surface area contributed by atoms with Gasteiger partial charge in [-0.3, -0.25) is 19.2 Å². The summed E-state index contributed by atoms with van der Waals surface area (Å²) in [7, 11) is 0. The van der Waals surface area contributed by atoms with E-state index in [1.165, 1.54) is 18.7 Å². The molecule has 0 bridgehead atoms. The van der Waals surface area contributed by atoms with E-state index in [4.69, 9.17) is 22.3 Å². The number of nitrogens with one attached hydrogen (secondary N) is 3. The zero-order chi connectivity index (χ0) is 24.0. The molecule has 0 aliphatic carbocycles. The van der Waals surface area contributed by atoms with Gasteiger partial charge in [-0.25, -0.2) is 4.79 Å². The summed E-state index contributed by atoms with van der Waals surface area (Å²) in [5.74, 6) is -3.66. The number of nitrogens with two attached hydrogens (primary N) is 3. The number of carboxylic acids is 1. The first kappa shape index (κ1) is 28.6. The molecule has 0 radical (unpaired) electrons. The van der Waals surface area contributed by atoms with Crippen LogP contribution in [0.4, 0.5) is 0 Å². The van der Waals surface area contributed by atoms with Gasteiger partial charge in [-0.2, -0.15) is 11.8 Å². The summed E-state index contributed by atoms with van der Waals surface area (Å²) in [5, 5.41) is 16.3. The fourth-order valence-corrected chi connectivity index (χ4v) is 2.97. The van der Waals surface area contributed by atoms with Gasteiger partial charge in [-0.1, -0.05) is 6.42 Å². The normalized spacial score (nSPS) is 14.6. The van der Waals surface area contributed by atoms with Gasteiger partial charge in [-0.15, -0.1) is 0 Å². The van der Waals surface area contributed by atoms with Crippen molar-refractivity contribution in [2.75, 3.05) is 18.6 Å². The summed E-state index contributed by atoms with van der Waals surface area (Å²) in [5.41, 5.74) is 16.3. The smallest absolute Gasteiger partial charge is 0.326 e. The molecule has 10 N–H and O–H groups in total. The van der Waals surface area contributed by atoms with Gasteiger partial charge in [0.1, 0.15) is 18.1 Å². The highest BCUT2D eigenvalue weighted by atomic mass is 32.2. The van der Waals surface area contributed by atoms with E-state index in [1.54, 1.807) is 0 Å². The quantitative estimate of drug-likeness (QED) is 0.122. The van der Waals surface area contributed by atoms with Crippen LogP contribution in [0, 0.1) is 0 Å². The maximum atomic E-state index is 12.6. The van der Waals surface area contributed by atoms with Crippen LogP contribution in [0.3, 0.4) is 0 Å². The molecule has 0 heterocycles. The fourth-order valence-electron chi connectivity index (χ4n) is 2.50. The van der Waals surface area contributed by atoms with Crippen LogP contribution in [0.2, 0.25) is 0 Å². The van der Waals surface area contributed by atoms with Crippen LogP contribution in [0.5, 0.6) is 0 Å². The van der Waals surface area contributed by atoms with Gasteiger partial charge in [0, 0.05) is 0 Å². The highest BCUT2D eigenvalue weighted by Gasteiger charge is 2.28.